The van der Waals surface area contributed by atoms with Crippen molar-refractivity contribution in [2.45, 2.75) is 6.54 Å². The minimum atomic E-state index is -0.295. The van der Waals surface area contributed by atoms with E-state index in [4.69, 9.17) is 16.3 Å². The van der Waals surface area contributed by atoms with Gasteiger partial charge >= 0.3 is 0 Å². The normalized spacial score (nSPS) is 10.5. The number of amides is 1. The highest BCUT2D eigenvalue weighted by molar-refractivity contribution is 6.30. The van der Waals surface area contributed by atoms with Crippen molar-refractivity contribution in [3.05, 3.63) is 70.2 Å². The largest absolute Gasteiger partial charge is 0.484 e. The van der Waals surface area contributed by atoms with Crippen molar-refractivity contribution in [1.29, 1.82) is 0 Å². The molecule has 1 N–H and O–H groups in total. The van der Waals surface area contributed by atoms with Gasteiger partial charge in [0.1, 0.15) is 5.75 Å². The molecule has 0 bridgehead atoms. The average molecular weight is 374 g/mol. The Bertz CT molecular complexity index is 922. The summed E-state index contributed by atoms with van der Waals surface area (Å²) in [6.45, 7) is 0.357. The number of ether oxygens (including phenoxy) is 1. The molecule has 9 heteroatoms. The van der Waals surface area contributed by atoms with Crippen LogP contribution in [0.1, 0.15) is 0 Å². The van der Waals surface area contributed by atoms with Gasteiger partial charge in [0.2, 0.25) is 0 Å². The molecule has 0 spiro atoms. The number of benzene rings is 1. The predicted octanol–water partition coefficient (Wildman–Crippen LogP) is 1.28. The van der Waals surface area contributed by atoms with Crippen LogP contribution in [-0.2, 0) is 11.3 Å². The Labute approximate surface area is 154 Å². The zero-order valence-electron chi connectivity index (χ0n) is 13.7. The highest BCUT2D eigenvalue weighted by atomic mass is 35.5. The first kappa shape index (κ1) is 17.7. The second-order valence-corrected chi connectivity index (χ2v) is 5.73. The van der Waals surface area contributed by atoms with Crippen LogP contribution in [0, 0.1) is 0 Å². The maximum absolute atomic E-state index is 11.9. The van der Waals surface area contributed by atoms with Crippen molar-refractivity contribution in [3.8, 4) is 11.6 Å². The van der Waals surface area contributed by atoms with E-state index >= 15 is 0 Å². The van der Waals surface area contributed by atoms with Gasteiger partial charge in [0.05, 0.1) is 6.54 Å². The molecule has 1 aromatic carbocycles. The van der Waals surface area contributed by atoms with Crippen LogP contribution in [0.15, 0.2) is 59.7 Å². The fourth-order valence-electron chi connectivity index (χ4n) is 2.16. The van der Waals surface area contributed by atoms with Crippen LogP contribution in [0.5, 0.6) is 5.75 Å². The molecule has 2 heterocycles. The minimum Gasteiger partial charge on any atom is -0.484 e. The van der Waals surface area contributed by atoms with Crippen LogP contribution < -0.4 is 15.6 Å². The van der Waals surface area contributed by atoms with E-state index in [0.717, 1.165) is 0 Å². The third kappa shape index (κ3) is 4.70. The van der Waals surface area contributed by atoms with Gasteiger partial charge in [0, 0.05) is 30.0 Å². The van der Waals surface area contributed by atoms with Gasteiger partial charge in [-0.05, 0) is 36.4 Å². The Morgan fingerprint density at radius 3 is 2.73 bits per heavy atom. The smallest absolute Gasteiger partial charge is 0.266 e. The summed E-state index contributed by atoms with van der Waals surface area (Å²) in [5.41, 5.74) is -0.257. The molecule has 134 valence electrons. The van der Waals surface area contributed by atoms with Crippen LogP contribution in [0.2, 0.25) is 5.02 Å². The van der Waals surface area contributed by atoms with E-state index in [1.165, 1.54) is 10.7 Å². The number of aromatic nitrogens is 4. The summed E-state index contributed by atoms with van der Waals surface area (Å²) in [4.78, 5) is 23.7. The van der Waals surface area contributed by atoms with E-state index in [2.05, 4.69) is 15.5 Å². The van der Waals surface area contributed by atoms with Gasteiger partial charge < -0.3 is 10.1 Å². The molecule has 0 radical (unpaired) electrons. The van der Waals surface area contributed by atoms with Crippen molar-refractivity contribution in [2.75, 3.05) is 13.2 Å². The van der Waals surface area contributed by atoms with E-state index in [9.17, 15) is 9.59 Å². The molecule has 3 aromatic rings. The summed E-state index contributed by atoms with van der Waals surface area (Å²) in [6, 6.07) is 11.5. The number of nitrogens with zero attached hydrogens (tertiary/aromatic N) is 4. The monoisotopic (exact) mass is 373 g/mol. The maximum Gasteiger partial charge on any atom is 0.266 e. The summed E-state index contributed by atoms with van der Waals surface area (Å²) >= 11 is 5.78. The van der Waals surface area contributed by atoms with E-state index in [0.29, 0.717) is 16.6 Å². The molecule has 0 saturated heterocycles. The summed E-state index contributed by atoms with van der Waals surface area (Å²) in [5.74, 6) is 0.776. The van der Waals surface area contributed by atoms with Gasteiger partial charge in [-0.2, -0.15) is 5.10 Å². The molecular weight excluding hydrogens is 358 g/mol. The summed E-state index contributed by atoms with van der Waals surface area (Å²) in [7, 11) is 0. The first-order chi connectivity index (χ1) is 12.6. The Balaban J connectivity index is 1.49. The van der Waals surface area contributed by atoms with Crippen LogP contribution in [0.3, 0.4) is 0 Å². The standard InChI is InChI=1S/C17H16ClN5O3/c18-13-2-4-14(5-3-13)26-12-16(24)19-9-11-23-17(25)7-6-15(21-23)22-10-1-8-20-22/h1-8,10H,9,11-12H2,(H,19,24). The van der Waals surface area contributed by atoms with Gasteiger partial charge in [-0.1, -0.05) is 11.6 Å². The first-order valence-corrected chi connectivity index (χ1v) is 8.23. The summed E-state index contributed by atoms with van der Waals surface area (Å²) in [6.07, 6.45) is 3.35. The lowest BCUT2D eigenvalue weighted by molar-refractivity contribution is -0.123. The molecule has 0 aliphatic rings. The number of hydrogen-bond acceptors (Lipinski definition) is 5. The molecule has 0 unspecified atom stereocenters. The second-order valence-electron chi connectivity index (χ2n) is 5.30. The lowest BCUT2D eigenvalue weighted by atomic mass is 10.3. The van der Waals surface area contributed by atoms with Crippen LogP contribution in [0.25, 0.3) is 5.82 Å². The molecule has 0 fully saturated rings. The van der Waals surface area contributed by atoms with Crippen molar-refractivity contribution in [3.63, 3.8) is 0 Å². The SMILES string of the molecule is O=C(COc1ccc(Cl)cc1)NCCn1nc(-n2cccn2)ccc1=O. The van der Waals surface area contributed by atoms with Gasteiger partial charge in [-0.15, -0.1) is 5.10 Å². The van der Waals surface area contributed by atoms with Crippen molar-refractivity contribution in [2.24, 2.45) is 0 Å². The van der Waals surface area contributed by atoms with E-state index in [1.807, 2.05) is 0 Å². The third-order valence-electron chi connectivity index (χ3n) is 3.42. The number of rotatable bonds is 7. The van der Waals surface area contributed by atoms with Gasteiger partial charge in [-0.3, -0.25) is 9.59 Å². The van der Waals surface area contributed by atoms with Gasteiger partial charge in [-0.25, -0.2) is 9.36 Å². The second kappa shape index (κ2) is 8.30. The van der Waals surface area contributed by atoms with Gasteiger partial charge in [0.15, 0.2) is 12.4 Å². The van der Waals surface area contributed by atoms with E-state index in [1.54, 1.807) is 53.5 Å². The number of carbonyl (C=O) groups is 1. The Morgan fingerprint density at radius 2 is 2.00 bits per heavy atom. The lowest BCUT2D eigenvalue weighted by Crippen LogP contribution is -2.34. The molecule has 8 nitrogen and oxygen atoms in total. The van der Waals surface area contributed by atoms with Crippen molar-refractivity contribution < 1.29 is 9.53 Å². The highest BCUT2D eigenvalue weighted by Crippen LogP contribution is 2.15. The Hall–Kier alpha value is -3.13. The quantitative estimate of drug-likeness (QED) is 0.673. The average Bonchev–Trinajstić information content (AvgIpc) is 3.17. The molecule has 0 atom stereocenters. The Morgan fingerprint density at radius 1 is 1.19 bits per heavy atom. The van der Waals surface area contributed by atoms with Crippen LogP contribution >= 0.6 is 11.6 Å². The first-order valence-electron chi connectivity index (χ1n) is 7.85. The van der Waals surface area contributed by atoms with Crippen molar-refractivity contribution in [1.82, 2.24) is 24.9 Å². The molecule has 0 aliphatic carbocycles. The summed E-state index contributed by atoms with van der Waals surface area (Å²) in [5, 5.41) is 11.6. The molecule has 0 saturated carbocycles. The maximum atomic E-state index is 11.9. The molecular formula is C17H16ClN5O3. The molecule has 2 aromatic heterocycles. The Kier molecular flexibility index (Phi) is 5.65. The van der Waals surface area contributed by atoms with Crippen LogP contribution in [-0.4, -0.2) is 38.6 Å². The number of hydrogen-bond donors (Lipinski definition) is 1. The highest BCUT2D eigenvalue weighted by Gasteiger charge is 2.05. The molecule has 1 amide bonds. The number of halogens is 1. The zero-order chi connectivity index (χ0) is 18.4. The van der Waals surface area contributed by atoms with Crippen LogP contribution in [0.4, 0.5) is 0 Å². The number of nitrogens with one attached hydrogen (secondary N) is 1. The minimum absolute atomic E-state index is 0.128. The fourth-order valence-corrected chi connectivity index (χ4v) is 2.28. The zero-order valence-corrected chi connectivity index (χ0v) is 14.5. The summed E-state index contributed by atoms with van der Waals surface area (Å²) < 4.78 is 8.18. The van der Waals surface area contributed by atoms with E-state index < -0.39 is 0 Å². The van der Waals surface area contributed by atoms with Crippen molar-refractivity contribution >= 4 is 17.5 Å². The fraction of sp³-hybridized carbons (Fsp3) is 0.176. The topological polar surface area (TPSA) is 91.0 Å². The molecule has 3 rings (SSSR count). The molecule has 26 heavy (non-hydrogen) atoms. The lowest BCUT2D eigenvalue weighted by Gasteiger charge is -2.09. The number of carbonyl (C=O) groups excluding carboxylic acids is 1. The predicted molar refractivity (Wildman–Crippen MR) is 95.6 cm³/mol. The molecule has 0 aliphatic heterocycles. The van der Waals surface area contributed by atoms with E-state index in [-0.39, 0.29) is 31.2 Å². The van der Waals surface area contributed by atoms with Gasteiger partial charge in [0.25, 0.3) is 11.5 Å². The third-order valence-corrected chi connectivity index (χ3v) is 3.67.